The van der Waals surface area contributed by atoms with Crippen molar-refractivity contribution >= 4 is 29.7 Å². The van der Waals surface area contributed by atoms with Gasteiger partial charge in [0.15, 0.2) is 0 Å². The lowest BCUT2D eigenvalue weighted by molar-refractivity contribution is -0.121. The van der Waals surface area contributed by atoms with Crippen LogP contribution in [0, 0.1) is 0 Å². The lowest BCUT2D eigenvalue weighted by Crippen LogP contribution is -2.37. The van der Waals surface area contributed by atoms with Crippen LogP contribution in [0.15, 0.2) is 17.5 Å². The summed E-state index contributed by atoms with van der Waals surface area (Å²) in [6.07, 6.45) is 2.48. The van der Waals surface area contributed by atoms with E-state index in [1.165, 1.54) is 4.88 Å². The van der Waals surface area contributed by atoms with E-state index in [1.54, 1.807) is 11.3 Å². The van der Waals surface area contributed by atoms with Crippen molar-refractivity contribution < 1.29 is 4.79 Å². The molecule has 0 spiro atoms. The van der Waals surface area contributed by atoms with Crippen LogP contribution in [-0.4, -0.2) is 18.5 Å². The molecule has 1 aromatic heterocycles. The molecule has 0 bridgehead atoms. The highest BCUT2D eigenvalue weighted by Gasteiger charge is 2.05. The molecule has 1 amide bonds. The van der Waals surface area contributed by atoms with Gasteiger partial charge in [0, 0.05) is 23.9 Å². The van der Waals surface area contributed by atoms with Crippen molar-refractivity contribution in [2.24, 2.45) is 5.73 Å². The fourth-order valence-electron chi connectivity index (χ4n) is 1.28. The van der Waals surface area contributed by atoms with Crippen molar-refractivity contribution in [3.63, 3.8) is 0 Å². The topological polar surface area (TPSA) is 55.1 Å². The first kappa shape index (κ1) is 15.4. The molecule has 0 unspecified atom stereocenters. The van der Waals surface area contributed by atoms with E-state index in [9.17, 15) is 4.79 Å². The fourth-order valence-corrected chi connectivity index (χ4v) is 2.04. The maximum absolute atomic E-state index is 11.4. The molecule has 0 aliphatic rings. The highest BCUT2D eigenvalue weighted by molar-refractivity contribution is 7.09. The average molecular weight is 263 g/mol. The van der Waals surface area contributed by atoms with Crippen LogP contribution < -0.4 is 11.1 Å². The van der Waals surface area contributed by atoms with E-state index in [4.69, 9.17) is 5.73 Å². The molecule has 5 heteroatoms. The number of hydrogen-bond acceptors (Lipinski definition) is 3. The molecule has 0 aromatic carbocycles. The average Bonchev–Trinajstić information content (AvgIpc) is 2.70. The van der Waals surface area contributed by atoms with E-state index in [2.05, 4.69) is 16.8 Å². The predicted octanol–water partition coefficient (Wildman–Crippen LogP) is 1.96. The van der Waals surface area contributed by atoms with Gasteiger partial charge in [-0.2, -0.15) is 0 Å². The molecule has 3 nitrogen and oxygen atoms in total. The monoisotopic (exact) mass is 262 g/mol. The van der Waals surface area contributed by atoms with Crippen LogP contribution in [0.4, 0.5) is 0 Å². The number of amides is 1. The summed E-state index contributed by atoms with van der Waals surface area (Å²) >= 11 is 1.74. The molecule has 0 saturated heterocycles. The normalized spacial score (nSPS) is 11.6. The van der Waals surface area contributed by atoms with E-state index >= 15 is 0 Å². The van der Waals surface area contributed by atoms with E-state index in [-0.39, 0.29) is 24.4 Å². The van der Waals surface area contributed by atoms with Gasteiger partial charge in [0.2, 0.25) is 5.91 Å². The third kappa shape index (κ3) is 6.10. The van der Waals surface area contributed by atoms with E-state index in [1.807, 2.05) is 13.0 Å². The Hall–Kier alpha value is -0.580. The Balaban J connectivity index is 0.00000225. The van der Waals surface area contributed by atoms with Crippen LogP contribution in [0.5, 0.6) is 0 Å². The molecule has 0 aliphatic heterocycles. The molecule has 16 heavy (non-hydrogen) atoms. The lowest BCUT2D eigenvalue weighted by Gasteiger charge is -2.10. The van der Waals surface area contributed by atoms with Crippen molar-refractivity contribution in [2.75, 3.05) is 6.54 Å². The number of aryl methyl sites for hydroxylation is 1. The minimum absolute atomic E-state index is 0. The number of carbonyl (C=O) groups is 1. The molecule has 0 aliphatic carbocycles. The Morgan fingerprint density at radius 3 is 2.94 bits per heavy atom. The molecule has 92 valence electrons. The van der Waals surface area contributed by atoms with Crippen molar-refractivity contribution in [3.8, 4) is 0 Å². The quantitative estimate of drug-likeness (QED) is 0.823. The zero-order valence-corrected chi connectivity index (χ0v) is 11.1. The molecule has 1 atom stereocenters. The van der Waals surface area contributed by atoms with Gasteiger partial charge in [-0.15, -0.1) is 23.7 Å². The predicted molar refractivity (Wildman–Crippen MR) is 71.2 cm³/mol. The van der Waals surface area contributed by atoms with E-state index in [0.29, 0.717) is 13.0 Å². The molecule has 0 radical (unpaired) electrons. The number of carbonyl (C=O) groups excluding carboxylic acids is 1. The molecular weight excluding hydrogens is 244 g/mol. The number of thiophene rings is 1. The second-order valence-corrected chi connectivity index (χ2v) is 4.67. The van der Waals surface area contributed by atoms with Crippen molar-refractivity contribution in [1.82, 2.24) is 5.32 Å². The SMILES string of the molecule is C[C@@H](CN)NC(=O)CCCc1cccs1.Cl. The second-order valence-electron chi connectivity index (χ2n) is 3.64. The molecular formula is C11H19ClN2OS. The van der Waals surface area contributed by atoms with Gasteiger partial charge in [0.1, 0.15) is 0 Å². The van der Waals surface area contributed by atoms with Crippen LogP contribution in [0.25, 0.3) is 0 Å². The summed E-state index contributed by atoms with van der Waals surface area (Å²) in [7, 11) is 0. The minimum atomic E-state index is 0. The summed E-state index contributed by atoms with van der Waals surface area (Å²) in [6, 6.07) is 4.22. The van der Waals surface area contributed by atoms with Gasteiger partial charge < -0.3 is 11.1 Å². The largest absolute Gasteiger partial charge is 0.352 e. The Morgan fingerprint density at radius 1 is 1.62 bits per heavy atom. The maximum atomic E-state index is 11.4. The Labute approximate surface area is 107 Å². The van der Waals surface area contributed by atoms with Gasteiger partial charge in [-0.1, -0.05) is 6.07 Å². The number of halogens is 1. The van der Waals surface area contributed by atoms with Gasteiger partial charge in [0.05, 0.1) is 0 Å². The number of rotatable bonds is 6. The van der Waals surface area contributed by atoms with Crippen molar-refractivity contribution in [2.45, 2.75) is 32.2 Å². The van der Waals surface area contributed by atoms with Crippen LogP contribution in [0.2, 0.25) is 0 Å². The van der Waals surface area contributed by atoms with Crippen molar-refractivity contribution in [3.05, 3.63) is 22.4 Å². The lowest BCUT2D eigenvalue weighted by atomic mass is 10.2. The van der Waals surface area contributed by atoms with Gasteiger partial charge >= 0.3 is 0 Å². The van der Waals surface area contributed by atoms with Crippen LogP contribution in [0.3, 0.4) is 0 Å². The van der Waals surface area contributed by atoms with Crippen molar-refractivity contribution in [1.29, 1.82) is 0 Å². The summed E-state index contributed by atoms with van der Waals surface area (Å²) in [5.41, 5.74) is 5.41. The van der Waals surface area contributed by atoms with Gasteiger partial charge in [0.25, 0.3) is 0 Å². The molecule has 0 fully saturated rings. The molecule has 3 N–H and O–H groups in total. The second kappa shape index (κ2) is 8.56. The standard InChI is InChI=1S/C11H18N2OS.ClH/c1-9(8-12)13-11(14)6-2-4-10-5-3-7-15-10;/h3,5,7,9H,2,4,6,8,12H2,1H3,(H,13,14);1H/t9-;/m0./s1. The first-order chi connectivity index (χ1) is 7.22. The number of nitrogens with one attached hydrogen (secondary N) is 1. The number of nitrogens with two attached hydrogens (primary N) is 1. The Kier molecular flexibility index (Phi) is 8.25. The van der Waals surface area contributed by atoms with Gasteiger partial charge in [-0.25, -0.2) is 0 Å². The Morgan fingerprint density at radius 2 is 2.38 bits per heavy atom. The number of hydrogen-bond donors (Lipinski definition) is 2. The summed E-state index contributed by atoms with van der Waals surface area (Å²) in [6.45, 7) is 2.41. The summed E-state index contributed by atoms with van der Waals surface area (Å²) < 4.78 is 0. The molecule has 1 aromatic rings. The molecule has 1 heterocycles. The highest BCUT2D eigenvalue weighted by Crippen LogP contribution is 2.11. The van der Waals surface area contributed by atoms with Crippen LogP contribution >= 0.6 is 23.7 Å². The third-order valence-electron chi connectivity index (χ3n) is 2.17. The maximum Gasteiger partial charge on any atom is 0.220 e. The van der Waals surface area contributed by atoms with Crippen LogP contribution in [-0.2, 0) is 11.2 Å². The molecule has 1 rings (SSSR count). The summed E-state index contributed by atoms with van der Waals surface area (Å²) in [4.78, 5) is 12.7. The highest BCUT2D eigenvalue weighted by atomic mass is 35.5. The fraction of sp³-hybridized carbons (Fsp3) is 0.545. The first-order valence-electron chi connectivity index (χ1n) is 5.24. The Bertz CT molecular complexity index is 290. The molecule has 0 saturated carbocycles. The minimum Gasteiger partial charge on any atom is -0.352 e. The third-order valence-corrected chi connectivity index (χ3v) is 3.10. The van der Waals surface area contributed by atoms with Gasteiger partial charge in [-0.3, -0.25) is 4.79 Å². The smallest absolute Gasteiger partial charge is 0.220 e. The summed E-state index contributed by atoms with van der Waals surface area (Å²) in [5, 5.41) is 4.91. The van der Waals surface area contributed by atoms with Gasteiger partial charge in [-0.05, 0) is 31.2 Å². The van der Waals surface area contributed by atoms with E-state index in [0.717, 1.165) is 12.8 Å². The van der Waals surface area contributed by atoms with E-state index < -0.39 is 0 Å². The van der Waals surface area contributed by atoms with Crippen LogP contribution in [0.1, 0.15) is 24.6 Å². The first-order valence-corrected chi connectivity index (χ1v) is 6.12. The zero-order valence-electron chi connectivity index (χ0n) is 9.44. The summed E-state index contributed by atoms with van der Waals surface area (Å²) in [5.74, 6) is 0.101. The zero-order chi connectivity index (χ0) is 11.1.